The largest absolute Gasteiger partial charge is 0.354 e. The van der Waals surface area contributed by atoms with Crippen LogP contribution in [0.3, 0.4) is 0 Å². The first kappa shape index (κ1) is 29.2. The van der Waals surface area contributed by atoms with Gasteiger partial charge in [0.15, 0.2) is 0 Å². The van der Waals surface area contributed by atoms with Gasteiger partial charge < -0.3 is 10.2 Å². The van der Waals surface area contributed by atoms with Gasteiger partial charge in [-0.05, 0) is 55.2 Å². The molecule has 0 bridgehead atoms. The predicted octanol–water partition coefficient (Wildman–Crippen LogP) is 4.77. The number of carbonyl (C=O) groups excluding carboxylic acids is 2. The minimum atomic E-state index is -4.11. The van der Waals surface area contributed by atoms with Crippen LogP contribution < -0.4 is 9.62 Å². The number of rotatable bonds is 12. The van der Waals surface area contributed by atoms with Gasteiger partial charge in [-0.1, -0.05) is 80.0 Å². The van der Waals surface area contributed by atoms with Crippen molar-refractivity contribution < 1.29 is 18.0 Å². The first-order chi connectivity index (χ1) is 18.1. The van der Waals surface area contributed by atoms with E-state index in [0.717, 1.165) is 9.87 Å². The van der Waals surface area contributed by atoms with E-state index in [2.05, 4.69) is 5.32 Å². The molecule has 0 aliphatic carbocycles. The Morgan fingerprint density at radius 2 is 1.53 bits per heavy atom. The van der Waals surface area contributed by atoms with E-state index in [4.69, 9.17) is 11.6 Å². The van der Waals surface area contributed by atoms with E-state index in [-0.39, 0.29) is 29.0 Å². The third-order valence-corrected chi connectivity index (χ3v) is 8.07. The highest BCUT2D eigenvalue weighted by Crippen LogP contribution is 2.26. The SMILES string of the molecule is CC(C)CNC(=O)[C@@H](C)N(CCc1ccccc1)C(=O)CN(c1cccc(Cl)c1)S(=O)(=O)c1ccccc1. The first-order valence-electron chi connectivity index (χ1n) is 12.5. The summed E-state index contributed by atoms with van der Waals surface area (Å²) in [4.78, 5) is 28.3. The van der Waals surface area contributed by atoms with Gasteiger partial charge in [0, 0.05) is 18.1 Å². The standard InChI is InChI=1S/C29H34ClN3O4S/c1-22(2)20-31-29(35)23(3)32(18-17-24-11-6-4-7-12-24)28(34)21-33(26-14-10-13-25(30)19-26)38(36,37)27-15-8-5-9-16-27/h4-16,19,22-23H,17-18,20-21H2,1-3H3,(H,31,35)/t23-/m1/s1. The van der Waals surface area contributed by atoms with Crippen molar-refractivity contribution >= 4 is 39.1 Å². The van der Waals surface area contributed by atoms with Crippen molar-refractivity contribution in [3.8, 4) is 0 Å². The third-order valence-electron chi connectivity index (χ3n) is 6.04. The number of sulfonamides is 1. The molecule has 0 saturated carbocycles. The Balaban J connectivity index is 1.94. The Bertz CT molecular complexity index is 1320. The predicted molar refractivity (Wildman–Crippen MR) is 152 cm³/mol. The molecule has 0 saturated heterocycles. The van der Waals surface area contributed by atoms with Gasteiger partial charge in [-0.15, -0.1) is 0 Å². The number of nitrogens with one attached hydrogen (secondary N) is 1. The molecule has 202 valence electrons. The van der Waals surface area contributed by atoms with Crippen LogP contribution in [-0.4, -0.2) is 50.8 Å². The fourth-order valence-electron chi connectivity index (χ4n) is 3.90. The highest BCUT2D eigenvalue weighted by Gasteiger charge is 2.32. The van der Waals surface area contributed by atoms with Crippen molar-refractivity contribution in [2.45, 2.75) is 38.1 Å². The lowest BCUT2D eigenvalue weighted by molar-refractivity contribution is -0.138. The second kappa shape index (κ2) is 13.4. The molecule has 0 fully saturated rings. The normalized spacial score (nSPS) is 12.1. The molecular weight excluding hydrogens is 522 g/mol. The summed E-state index contributed by atoms with van der Waals surface area (Å²) in [5.74, 6) is -0.540. The van der Waals surface area contributed by atoms with Crippen LogP contribution in [0.15, 0.2) is 89.8 Å². The number of hydrogen-bond acceptors (Lipinski definition) is 4. The molecule has 1 N–H and O–H groups in total. The summed E-state index contributed by atoms with van der Waals surface area (Å²) in [6, 6.07) is 23.1. The molecule has 0 aliphatic heterocycles. The van der Waals surface area contributed by atoms with Gasteiger partial charge in [0.25, 0.3) is 10.0 Å². The summed E-state index contributed by atoms with van der Waals surface area (Å²) in [7, 11) is -4.11. The van der Waals surface area contributed by atoms with Gasteiger partial charge in [0.2, 0.25) is 11.8 Å². The van der Waals surface area contributed by atoms with Crippen molar-refractivity contribution in [3.05, 3.63) is 95.5 Å². The van der Waals surface area contributed by atoms with Crippen LogP contribution in [0.1, 0.15) is 26.3 Å². The first-order valence-corrected chi connectivity index (χ1v) is 14.4. The molecule has 0 unspecified atom stereocenters. The van der Waals surface area contributed by atoms with Crippen LogP contribution in [0.5, 0.6) is 0 Å². The highest BCUT2D eigenvalue weighted by atomic mass is 35.5. The molecular formula is C29H34ClN3O4S. The van der Waals surface area contributed by atoms with Crippen molar-refractivity contribution in [1.82, 2.24) is 10.2 Å². The van der Waals surface area contributed by atoms with Gasteiger partial charge >= 0.3 is 0 Å². The number of benzene rings is 3. The molecule has 9 heteroatoms. The highest BCUT2D eigenvalue weighted by molar-refractivity contribution is 7.92. The van der Waals surface area contributed by atoms with Gasteiger partial charge in [0.1, 0.15) is 12.6 Å². The second-order valence-corrected chi connectivity index (χ2v) is 11.7. The van der Waals surface area contributed by atoms with Gasteiger partial charge in [-0.3, -0.25) is 13.9 Å². The molecule has 0 heterocycles. The van der Waals surface area contributed by atoms with Gasteiger partial charge in [0.05, 0.1) is 10.6 Å². The van der Waals surface area contributed by atoms with E-state index in [1.54, 1.807) is 43.3 Å². The van der Waals surface area contributed by atoms with Crippen LogP contribution >= 0.6 is 11.6 Å². The maximum Gasteiger partial charge on any atom is 0.264 e. The molecule has 3 aromatic rings. The Hall–Kier alpha value is -3.36. The summed E-state index contributed by atoms with van der Waals surface area (Å²) < 4.78 is 28.4. The van der Waals surface area contributed by atoms with E-state index < -0.39 is 28.5 Å². The molecule has 3 rings (SSSR count). The minimum absolute atomic E-state index is 0.0475. The van der Waals surface area contributed by atoms with Crippen LogP contribution in [0.25, 0.3) is 0 Å². The summed E-state index contributed by atoms with van der Waals surface area (Å²) in [6.07, 6.45) is 0.511. The molecule has 0 radical (unpaired) electrons. The van der Waals surface area contributed by atoms with Crippen LogP contribution in [-0.2, 0) is 26.0 Å². The molecule has 38 heavy (non-hydrogen) atoms. The summed E-state index contributed by atoms with van der Waals surface area (Å²) >= 11 is 6.18. The Morgan fingerprint density at radius 3 is 2.13 bits per heavy atom. The fourth-order valence-corrected chi connectivity index (χ4v) is 5.51. The maximum absolute atomic E-state index is 13.8. The topological polar surface area (TPSA) is 86.8 Å². The fraction of sp³-hybridized carbons (Fsp3) is 0.310. The second-order valence-electron chi connectivity index (χ2n) is 9.44. The van der Waals surface area contributed by atoms with E-state index in [0.29, 0.717) is 18.0 Å². The Kier molecular flexibility index (Phi) is 10.3. The molecule has 1 atom stereocenters. The van der Waals surface area contributed by atoms with E-state index in [1.165, 1.54) is 23.1 Å². The molecule has 0 aliphatic rings. The lowest BCUT2D eigenvalue weighted by Crippen LogP contribution is -2.52. The molecule has 0 spiro atoms. The number of hydrogen-bond donors (Lipinski definition) is 1. The number of amides is 2. The van der Waals surface area contributed by atoms with Crippen molar-refractivity contribution in [1.29, 1.82) is 0 Å². The van der Waals surface area contributed by atoms with Crippen molar-refractivity contribution in [2.75, 3.05) is 23.9 Å². The molecule has 0 aromatic heterocycles. The van der Waals surface area contributed by atoms with E-state index >= 15 is 0 Å². The average molecular weight is 556 g/mol. The quantitative estimate of drug-likeness (QED) is 0.349. The average Bonchev–Trinajstić information content (AvgIpc) is 2.91. The number of anilines is 1. The Labute approximate surface area is 230 Å². The lowest BCUT2D eigenvalue weighted by atomic mass is 10.1. The number of halogens is 1. The maximum atomic E-state index is 13.8. The van der Waals surface area contributed by atoms with Crippen molar-refractivity contribution in [2.24, 2.45) is 5.92 Å². The molecule has 3 aromatic carbocycles. The van der Waals surface area contributed by atoms with Gasteiger partial charge in [-0.25, -0.2) is 8.42 Å². The summed E-state index contributed by atoms with van der Waals surface area (Å²) in [5.41, 5.74) is 1.26. The lowest BCUT2D eigenvalue weighted by Gasteiger charge is -2.32. The summed E-state index contributed by atoms with van der Waals surface area (Å²) in [5, 5.41) is 3.22. The minimum Gasteiger partial charge on any atom is -0.354 e. The van der Waals surface area contributed by atoms with E-state index in [1.807, 2.05) is 44.2 Å². The van der Waals surface area contributed by atoms with Crippen LogP contribution in [0.2, 0.25) is 5.02 Å². The monoisotopic (exact) mass is 555 g/mol. The smallest absolute Gasteiger partial charge is 0.264 e. The summed E-state index contributed by atoms with van der Waals surface area (Å²) in [6.45, 7) is 5.86. The zero-order chi connectivity index (χ0) is 27.7. The molecule has 7 nitrogen and oxygen atoms in total. The zero-order valence-corrected chi connectivity index (χ0v) is 23.5. The number of carbonyl (C=O) groups is 2. The van der Waals surface area contributed by atoms with E-state index in [9.17, 15) is 18.0 Å². The zero-order valence-electron chi connectivity index (χ0n) is 21.9. The third kappa shape index (κ3) is 7.82. The molecule has 2 amide bonds. The Morgan fingerprint density at radius 1 is 0.895 bits per heavy atom. The number of nitrogens with zero attached hydrogens (tertiary/aromatic N) is 2. The van der Waals surface area contributed by atoms with Gasteiger partial charge in [-0.2, -0.15) is 0 Å². The van der Waals surface area contributed by atoms with Crippen molar-refractivity contribution in [3.63, 3.8) is 0 Å². The van der Waals surface area contributed by atoms with Crippen LogP contribution in [0, 0.1) is 5.92 Å². The van der Waals surface area contributed by atoms with Crippen LogP contribution in [0.4, 0.5) is 5.69 Å².